The summed E-state index contributed by atoms with van der Waals surface area (Å²) >= 11 is 4.91. The van der Waals surface area contributed by atoms with Gasteiger partial charge in [0.25, 0.3) is 5.56 Å². The molecular formula is C35H36BrN3O7S. The van der Waals surface area contributed by atoms with Crippen molar-refractivity contribution in [1.29, 1.82) is 0 Å². The van der Waals surface area contributed by atoms with E-state index >= 15 is 0 Å². The maximum Gasteiger partial charge on any atom is 0.338 e. The normalized spacial score (nSPS) is 14.5. The van der Waals surface area contributed by atoms with Crippen LogP contribution in [0.1, 0.15) is 65.2 Å². The number of esters is 2. The lowest BCUT2D eigenvalue weighted by Gasteiger charge is -2.26. The van der Waals surface area contributed by atoms with Crippen LogP contribution in [0.3, 0.4) is 0 Å². The summed E-state index contributed by atoms with van der Waals surface area (Å²) in [5, 5.41) is 0. The second kappa shape index (κ2) is 13.7. The van der Waals surface area contributed by atoms with Gasteiger partial charge in [-0.2, -0.15) is 0 Å². The van der Waals surface area contributed by atoms with Crippen LogP contribution in [0, 0.1) is 20.8 Å². The number of fused-ring (bicyclic) bond motifs is 1. The minimum absolute atomic E-state index is 0.165. The number of methoxy groups -OCH3 is 2. The molecule has 2 aromatic heterocycles. The van der Waals surface area contributed by atoms with E-state index < -0.39 is 18.0 Å². The average molecular weight is 723 g/mol. The third kappa shape index (κ3) is 6.07. The Bertz CT molecular complexity index is 2120. The Morgan fingerprint density at radius 2 is 1.77 bits per heavy atom. The molecule has 0 saturated heterocycles. The molecule has 12 heteroatoms. The quantitative estimate of drug-likeness (QED) is 0.211. The van der Waals surface area contributed by atoms with Crippen molar-refractivity contribution in [2.75, 3.05) is 27.4 Å². The van der Waals surface area contributed by atoms with Gasteiger partial charge in [0.05, 0.1) is 54.8 Å². The Kier molecular flexibility index (Phi) is 9.92. The lowest BCUT2D eigenvalue weighted by molar-refractivity contribution is -0.139. The first-order valence-electron chi connectivity index (χ1n) is 15.0. The number of hydrogen-bond acceptors (Lipinski definition) is 9. The van der Waals surface area contributed by atoms with Crippen molar-refractivity contribution >= 4 is 45.3 Å². The second-order valence-electron chi connectivity index (χ2n) is 10.9. The van der Waals surface area contributed by atoms with Crippen molar-refractivity contribution in [1.82, 2.24) is 9.13 Å². The van der Waals surface area contributed by atoms with Gasteiger partial charge in [0.15, 0.2) is 16.3 Å². The van der Waals surface area contributed by atoms with E-state index in [0.29, 0.717) is 48.7 Å². The van der Waals surface area contributed by atoms with E-state index in [1.165, 1.54) is 25.6 Å². The Morgan fingerprint density at radius 1 is 1.02 bits per heavy atom. The summed E-state index contributed by atoms with van der Waals surface area (Å²) < 4.78 is 26.5. The molecule has 0 aliphatic carbocycles. The van der Waals surface area contributed by atoms with Crippen LogP contribution >= 0.6 is 27.3 Å². The van der Waals surface area contributed by atoms with Gasteiger partial charge in [-0.15, -0.1) is 0 Å². The summed E-state index contributed by atoms with van der Waals surface area (Å²) in [4.78, 5) is 45.3. The van der Waals surface area contributed by atoms with E-state index in [1.807, 2.05) is 52.0 Å². The van der Waals surface area contributed by atoms with Gasteiger partial charge in [0, 0.05) is 21.5 Å². The fraction of sp³-hybridized carbons (Fsp3) is 0.314. The second-order valence-corrected chi connectivity index (χ2v) is 12.7. The van der Waals surface area contributed by atoms with Gasteiger partial charge in [0.2, 0.25) is 0 Å². The highest BCUT2D eigenvalue weighted by atomic mass is 79.9. The van der Waals surface area contributed by atoms with E-state index in [0.717, 1.165) is 28.2 Å². The number of halogens is 1. The monoisotopic (exact) mass is 721 g/mol. The zero-order valence-electron chi connectivity index (χ0n) is 27.5. The fourth-order valence-corrected chi connectivity index (χ4v) is 7.49. The Morgan fingerprint density at radius 3 is 2.43 bits per heavy atom. The first-order valence-corrected chi connectivity index (χ1v) is 16.6. The number of allylic oxidation sites excluding steroid dienone is 1. The van der Waals surface area contributed by atoms with E-state index in [1.54, 1.807) is 36.6 Å². The molecule has 0 fully saturated rings. The molecule has 1 atom stereocenters. The summed E-state index contributed by atoms with van der Waals surface area (Å²) in [5.74, 6) is 0.0287. The van der Waals surface area contributed by atoms with Gasteiger partial charge >= 0.3 is 11.9 Å². The Hall–Kier alpha value is -4.42. The Labute approximate surface area is 284 Å². The van der Waals surface area contributed by atoms with Crippen molar-refractivity contribution < 1.29 is 28.5 Å². The number of benzene rings is 2. The van der Waals surface area contributed by atoms with Gasteiger partial charge < -0.3 is 23.5 Å². The zero-order valence-corrected chi connectivity index (χ0v) is 29.9. The number of rotatable bonds is 9. The molecule has 2 aromatic carbocycles. The highest BCUT2D eigenvalue weighted by Crippen LogP contribution is 2.41. The maximum atomic E-state index is 14.3. The zero-order chi connectivity index (χ0) is 34.2. The summed E-state index contributed by atoms with van der Waals surface area (Å²) in [6, 6.07) is 10.2. The van der Waals surface area contributed by atoms with E-state index in [2.05, 4.69) is 20.5 Å². The van der Waals surface area contributed by atoms with Gasteiger partial charge in [-0.05, 0) is 94.6 Å². The van der Waals surface area contributed by atoms with E-state index in [-0.39, 0.29) is 17.7 Å². The first kappa shape index (κ1) is 33.9. The third-order valence-corrected chi connectivity index (χ3v) is 9.77. The predicted octanol–water partition coefficient (Wildman–Crippen LogP) is 5.47. The number of ether oxygens (including phenoxy) is 4. The molecule has 246 valence electrons. The average Bonchev–Trinajstić information content (AvgIpc) is 3.49. The molecule has 0 bridgehead atoms. The molecule has 47 heavy (non-hydrogen) atoms. The molecular weight excluding hydrogens is 686 g/mol. The number of carbonyl (C=O) groups excluding carboxylic acids is 2. The highest BCUT2D eigenvalue weighted by molar-refractivity contribution is 9.10. The Balaban J connectivity index is 1.72. The smallest absolute Gasteiger partial charge is 0.338 e. The third-order valence-electron chi connectivity index (χ3n) is 8.10. The van der Waals surface area contributed by atoms with Crippen LogP contribution in [0.4, 0.5) is 0 Å². The fourth-order valence-electron chi connectivity index (χ4n) is 5.92. The molecule has 4 aromatic rings. The van der Waals surface area contributed by atoms with E-state index in [9.17, 15) is 14.4 Å². The van der Waals surface area contributed by atoms with Gasteiger partial charge in [-0.3, -0.25) is 9.36 Å². The molecule has 0 spiro atoms. The van der Waals surface area contributed by atoms with Crippen LogP contribution in [0.2, 0.25) is 0 Å². The number of thiazole rings is 1. The van der Waals surface area contributed by atoms with Crippen LogP contribution in [0.5, 0.6) is 11.5 Å². The molecule has 1 aliphatic heterocycles. The largest absolute Gasteiger partial charge is 0.493 e. The number of aromatic nitrogens is 2. The van der Waals surface area contributed by atoms with Crippen molar-refractivity contribution in [3.63, 3.8) is 0 Å². The van der Waals surface area contributed by atoms with Gasteiger partial charge in [-0.1, -0.05) is 33.3 Å². The van der Waals surface area contributed by atoms with Crippen LogP contribution in [0.15, 0.2) is 61.9 Å². The van der Waals surface area contributed by atoms with Gasteiger partial charge in [0.1, 0.15) is 0 Å². The summed E-state index contributed by atoms with van der Waals surface area (Å²) in [5.41, 5.74) is 5.79. The van der Waals surface area contributed by atoms with Crippen LogP contribution < -0.4 is 24.4 Å². The lowest BCUT2D eigenvalue weighted by atomic mass is 9.95. The maximum absolute atomic E-state index is 14.3. The topological polar surface area (TPSA) is 110 Å². The highest BCUT2D eigenvalue weighted by Gasteiger charge is 2.35. The minimum atomic E-state index is -0.845. The SMILES string of the molecule is CCOC(=O)C1=C(C)N=c2s/c(=C\c3cc(C)n(-c4cccc(C(=O)OC)c4C)c3C)c(=O)n2[C@@H]1c1cc(OC)c(OCC)cc1Br. The molecule has 0 amide bonds. The van der Waals surface area contributed by atoms with Crippen molar-refractivity contribution in [2.24, 2.45) is 4.99 Å². The van der Waals surface area contributed by atoms with Gasteiger partial charge in [-0.25, -0.2) is 14.6 Å². The van der Waals surface area contributed by atoms with Crippen LogP contribution in [-0.4, -0.2) is 48.5 Å². The van der Waals surface area contributed by atoms with E-state index in [4.69, 9.17) is 23.9 Å². The molecule has 10 nitrogen and oxygen atoms in total. The molecule has 1 aliphatic rings. The molecule has 0 unspecified atom stereocenters. The van der Waals surface area contributed by atoms with Crippen molar-refractivity contribution in [3.05, 3.63) is 105 Å². The molecule has 0 radical (unpaired) electrons. The summed E-state index contributed by atoms with van der Waals surface area (Å²) in [7, 11) is 2.90. The number of carbonyl (C=O) groups is 2. The standard InChI is InChI=1S/C35H36BrN3O7S/c1-9-45-28-17-25(36)24(16-27(28)43-7)31-30(34(42)46-10-2)20(5)37-35-39(31)32(40)29(47-35)15-22-14-18(3)38(21(22)6)26-13-11-12-23(19(26)4)33(41)44-8/h11-17,31H,9-10H2,1-8H3/b29-15-/t31-/m1/s1. The summed E-state index contributed by atoms with van der Waals surface area (Å²) in [6.45, 7) is 11.8. The van der Waals surface area contributed by atoms with Crippen molar-refractivity contribution in [2.45, 2.75) is 47.6 Å². The molecule has 0 saturated carbocycles. The molecule has 0 N–H and O–H groups in total. The number of nitrogens with zero attached hydrogens (tertiary/aromatic N) is 3. The minimum Gasteiger partial charge on any atom is -0.493 e. The van der Waals surface area contributed by atoms with Crippen LogP contribution in [0.25, 0.3) is 11.8 Å². The first-order chi connectivity index (χ1) is 22.5. The predicted molar refractivity (Wildman–Crippen MR) is 184 cm³/mol. The lowest BCUT2D eigenvalue weighted by Crippen LogP contribution is -2.40. The summed E-state index contributed by atoms with van der Waals surface area (Å²) in [6.07, 6.45) is 1.84. The number of aryl methyl sites for hydroxylation is 1. The van der Waals surface area contributed by atoms with Crippen molar-refractivity contribution in [3.8, 4) is 17.2 Å². The molecule has 3 heterocycles. The molecule has 5 rings (SSSR count). The number of hydrogen-bond donors (Lipinski definition) is 0. The van der Waals surface area contributed by atoms with Crippen LogP contribution in [-0.2, 0) is 14.3 Å².